The van der Waals surface area contributed by atoms with Crippen molar-refractivity contribution in [2.75, 3.05) is 24.7 Å². The van der Waals surface area contributed by atoms with Crippen molar-refractivity contribution < 1.29 is 23.1 Å². The van der Waals surface area contributed by atoms with Crippen LogP contribution in [0.5, 0.6) is 0 Å². The number of likely N-dealkylation sites (tertiary alicyclic amines) is 1. The van der Waals surface area contributed by atoms with Gasteiger partial charge in [0.05, 0.1) is 9.92 Å². The fourth-order valence-corrected chi connectivity index (χ4v) is 4.81. The summed E-state index contributed by atoms with van der Waals surface area (Å²) in [7, 11) is -3.44. The number of amides is 1. The highest BCUT2D eigenvalue weighted by Crippen LogP contribution is 2.24. The molecule has 37 heavy (non-hydrogen) atoms. The summed E-state index contributed by atoms with van der Waals surface area (Å²) in [6.45, 7) is 6.60. The highest BCUT2D eigenvalue weighted by Gasteiger charge is 2.19. The zero-order chi connectivity index (χ0) is 27.3. The fraction of sp³-hybridized carbons (Fsp3) is 0.400. The lowest BCUT2D eigenvalue weighted by Gasteiger charge is -2.32. The number of nitrogens with zero attached hydrogens (tertiary/aromatic N) is 3. The average molecular weight is 550 g/mol. The molecule has 1 saturated heterocycles. The molecule has 0 unspecified atom stereocenters. The molecule has 0 aliphatic carbocycles. The zero-order valence-electron chi connectivity index (χ0n) is 21.0. The number of carbonyl (C=O) groups excluding carboxylic acids is 1. The molecule has 200 valence electrons. The van der Waals surface area contributed by atoms with Gasteiger partial charge in [0.1, 0.15) is 18.1 Å². The Morgan fingerprint density at radius 3 is 2.41 bits per heavy atom. The molecule has 12 heteroatoms. The van der Waals surface area contributed by atoms with Crippen LogP contribution in [0.15, 0.2) is 47.5 Å². The normalized spacial score (nSPS) is 14.9. The summed E-state index contributed by atoms with van der Waals surface area (Å²) in [6, 6.07) is 9.81. The lowest BCUT2D eigenvalue weighted by atomic mass is 10.1. The van der Waals surface area contributed by atoms with Crippen molar-refractivity contribution in [3.8, 4) is 0 Å². The number of carboxylic acid groups (broad SMARTS) is 1. The molecule has 1 fully saturated rings. The van der Waals surface area contributed by atoms with Gasteiger partial charge in [0, 0.05) is 35.4 Å². The molecule has 0 bridgehead atoms. The third-order valence-corrected chi connectivity index (χ3v) is 7.45. The molecule has 4 N–H and O–H groups in total. The second kappa shape index (κ2) is 12.0. The van der Waals surface area contributed by atoms with Crippen LogP contribution in [0.3, 0.4) is 0 Å². The molecule has 0 radical (unpaired) electrons. The number of pyridine rings is 1. The van der Waals surface area contributed by atoms with Gasteiger partial charge in [-0.1, -0.05) is 11.6 Å². The van der Waals surface area contributed by atoms with Crippen LogP contribution < -0.4 is 11.1 Å². The van der Waals surface area contributed by atoms with E-state index >= 15 is 0 Å². The minimum absolute atomic E-state index is 0.0684. The van der Waals surface area contributed by atoms with Crippen molar-refractivity contribution in [1.29, 1.82) is 0 Å². The third-order valence-electron chi connectivity index (χ3n) is 6.12. The summed E-state index contributed by atoms with van der Waals surface area (Å²) in [5.74, 6) is -1.45. The maximum absolute atomic E-state index is 12.3. The van der Waals surface area contributed by atoms with Crippen LogP contribution in [0, 0.1) is 0 Å². The van der Waals surface area contributed by atoms with Crippen LogP contribution in [0.25, 0.3) is 10.9 Å². The van der Waals surface area contributed by atoms with Crippen molar-refractivity contribution in [2.45, 2.75) is 50.2 Å². The van der Waals surface area contributed by atoms with Crippen molar-refractivity contribution >= 4 is 50.0 Å². The number of hydrogen-bond donors (Lipinski definition) is 3. The van der Waals surface area contributed by atoms with Crippen molar-refractivity contribution in [3.63, 3.8) is 0 Å². The number of fused-ring (bicyclic) bond motifs is 1. The fourth-order valence-electron chi connectivity index (χ4n) is 4.04. The molecule has 3 aromatic rings. The second-order valence-electron chi connectivity index (χ2n) is 9.29. The molecular formula is C25H32ClN5O5S. The minimum Gasteiger partial charge on any atom is -0.477 e. The summed E-state index contributed by atoms with van der Waals surface area (Å²) < 4.78 is 24.7. The van der Waals surface area contributed by atoms with Gasteiger partial charge >= 0.3 is 5.97 Å². The molecule has 0 atom stereocenters. The summed E-state index contributed by atoms with van der Waals surface area (Å²) in [5.41, 5.74) is 6.07. The van der Waals surface area contributed by atoms with Crippen molar-refractivity contribution in [2.24, 2.45) is 5.73 Å². The number of anilines is 1. The van der Waals surface area contributed by atoms with Crippen LogP contribution in [0.1, 0.15) is 37.2 Å². The molecule has 3 heterocycles. The monoisotopic (exact) mass is 549 g/mol. The molecule has 4 rings (SSSR count). The number of benzene rings is 1. The Morgan fingerprint density at radius 2 is 1.86 bits per heavy atom. The van der Waals surface area contributed by atoms with Gasteiger partial charge in [0.25, 0.3) is 0 Å². The number of aromatic carboxylic acids is 1. The van der Waals surface area contributed by atoms with E-state index in [1.165, 1.54) is 67.0 Å². The van der Waals surface area contributed by atoms with Crippen LogP contribution in [0.4, 0.5) is 5.82 Å². The number of halogens is 1. The van der Waals surface area contributed by atoms with E-state index in [0.717, 1.165) is 6.26 Å². The largest absolute Gasteiger partial charge is 0.477 e. The number of aromatic nitrogens is 2. The molecule has 0 spiro atoms. The highest BCUT2D eigenvalue weighted by molar-refractivity contribution is 7.90. The quantitative estimate of drug-likeness (QED) is 0.424. The number of sulfone groups is 1. The molecule has 1 aliphatic rings. The third kappa shape index (κ3) is 7.75. The second-order valence-corrected chi connectivity index (χ2v) is 11.7. The first-order valence-electron chi connectivity index (χ1n) is 11.8. The van der Waals surface area contributed by atoms with Crippen LogP contribution in [-0.2, 0) is 21.2 Å². The lowest BCUT2D eigenvalue weighted by molar-refractivity contribution is -0.116. The summed E-state index contributed by atoms with van der Waals surface area (Å²) in [4.78, 5) is 30.4. The van der Waals surface area contributed by atoms with E-state index in [2.05, 4.69) is 29.0 Å². The molecular weight excluding hydrogens is 518 g/mol. The smallest absolute Gasteiger partial charge is 0.352 e. The van der Waals surface area contributed by atoms with Gasteiger partial charge in [-0.05, 0) is 76.2 Å². The zero-order valence-corrected chi connectivity index (χ0v) is 22.6. The van der Waals surface area contributed by atoms with Gasteiger partial charge in [-0.15, -0.1) is 0 Å². The van der Waals surface area contributed by atoms with Gasteiger partial charge in [-0.2, -0.15) is 0 Å². The van der Waals surface area contributed by atoms with Crippen molar-refractivity contribution in [1.82, 2.24) is 14.5 Å². The molecule has 1 aromatic carbocycles. The number of rotatable bonds is 6. The predicted octanol–water partition coefficient (Wildman–Crippen LogP) is 3.25. The Labute approximate surface area is 221 Å². The van der Waals surface area contributed by atoms with Crippen molar-refractivity contribution in [3.05, 3.63) is 53.3 Å². The molecule has 10 nitrogen and oxygen atoms in total. The van der Waals surface area contributed by atoms with E-state index in [9.17, 15) is 23.1 Å². The van der Waals surface area contributed by atoms with E-state index in [4.69, 9.17) is 17.3 Å². The van der Waals surface area contributed by atoms with E-state index in [1.54, 1.807) is 6.07 Å². The van der Waals surface area contributed by atoms with Crippen LogP contribution >= 0.6 is 11.6 Å². The average Bonchev–Trinajstić information content (AvgIpc) is 3.18. The predicted molar refractivity (Wildman–Crippen MR) is 144 cm³/mol. The number of hydrogen-bond acceptors (Lipinski definition) is 7. The summed E-state index contributed by atoms with van der Waals surface area (Å²) >= 11 is 5.74. The van der Waals surface area contributed by atoms with Crippen LogP contribution in [-0.4, -0.2) is 71.3 Å². The number of piperidine rings is 1. The Kier molecular flexibility index (Phi) is 9.30. The van der Waals surface area contributed by atoms with Gasteiger partial charge in [-0.25, -0.2) is 18.2 Å². The maximum atomic E-state index is 12.3. The van der Waals surface area contributed by atoms with E-state index < -0.39 is 21.7 Å². The first-order valence-corrected chi connectivity index (χ1v) is 14.1. The Bertz CT molecular complexity index is 1360. The van der Waals surface area contributed by atoms with Gasteiger partial charge < -0.3 is 25.6 Å². The minimum atomic E-state index is -3.44. The molecule has 1 amide bonds. The summed E-state index contributed by atoms with van der Waals surface area (Å²) in [5, 5.41) is 12.8. The number of nitrogens with two attached hydrogens (primary N) is 1. The number of carboxylic acids is 1. The Morgan fingerprint density at radius 1 is 1.19 bits per heavy atom. The maximum Gasteiger partial charge on any atom is 0.352 e. The standard InChI is InChI=1S/C17H14ClN3O5S.C8H18N2/c1-27(25,26)12-3-4-13-10(6-12)7-14(17(23)24)21(13)9-16(22)20-15-5-2-11(18)8-19-15;1-7(2)10-5-3-8(9)4-6-10/h2-8H,9H2,1H3,(H,23,24)(H,19,20,22);7-8H,3-6,9H2,1-2H3. The number of carbonyl (C=O) groups is 2. The number of nitrogens with one attached hydrogen (secondary N) is 1. The van der Waals surface area contributed by atoms with E-state index in [0.29, 0.717) is 28.0 Å². The van der Waals surface area contributed by atoms with Gasteiger partial charge in [0.15, 0.2) is 9.84 Å². The Hall–Kier alpha value is -2.99. The Balaban J connectivity index is 0.000000319. The van der Waals surface area contributed by atoms with Crippen LogP contribution in [0.2, 0.25) is 5.02 Å². The molecule has 0 saturated carbocycles. The highest BCUT2D eigenvalue weighted by atomic mass is 35.5. The first-order chi connectivity index (χ1) is 17.3. The summed E-state index contributed by atoms with van der Waals surface area (Å²) in [6.07, 6.45) is 4.80. The molecule has 1 aliphatic heterocycles. The van der Waals surface area contributed by atoms with E-state index in [1.807, 2.05) is 0 Å². The SMILES string of the molecule is CC(C)N1CCC(N)CC1.CS(=O)(=O)c1ccc2c(c1)cc(C(=O)O)n2CC(=O)Nc1ccc(Cl)cn1. The molecule has 2 aromatic heterocycles. The first kappa shape index (κ1) is 28.6. The van der Waals surface area contributed by atoms with Gasteiger partial charge in [0.2, 0.25) is 5.91 Å². The van der Waals surface area contributed by atoms with E-state index in [-0.39, 0.29) is 23.0 Å². The van der Waals surface area contributed by atoms with Gasteiger partial charge in [-0.3, -0.25) is 4.79 Å². The topological polar surface area (TPSA) is 148 Å². The lowest BCUT2D eigenvalue weighted by Crippen LogP contribution is -2.42.